The number of thioether (sulfide) groups is 1. The van der Waals surface area contributed by atoms with Crippen LogP contribution in [0.15, 0.2) is 59.4 Å². The number of nitrogens with one attached hydrogen (secondary N) is 1. The van der Waals surface area contributed by atoms with Crippen LogP contribution in [-0.4, -0.2) is 31.8 Å². The average Bonchev–Trinajstić information content (AvgIpc) is 3.14. The van der Waals surface area contributed by atoms with Crippen LogP contribution in [-0.2, 0) is 16.1 Å². The van der Waals surface area contributed by atoms with Gasteiger partial charge in [-0.2, -0.15) is 0 Å². The molecule has 0 spiro atoms. The van der Waals surface area contributed by atoms with E-state index in [1.165, 1.54) is 22.7 Å². The summed E-state index contributed by atoms with van der Waals surface area (Å²) in [6.07, 6.45) is 6.29. The quantitative estimate of drug-likeness (QED) is 0.614. The number of carbonyl (C=O) groups is 2. The highest BCUT2D eigenvalue weighted by Crippen LogP contribution is 2.37. The summed E-state index contributed by atoms with van der Waals surface area (Å²) in [5.74, 6) is -0.534. The number of thiocarbonyl (C=S) groups is 1. The van der Waals surface area contributed by atoms with Gasteiger partial charge in [0.15, 0.2) is 0 Å². The van der Waals surface area contributed by atoms with Gasteiger partial charge in [-0.1, -0.05) is 54.3 Å². The molecule has 1 N–H and O–H groups in total. The summed E-state index contributed by atoms with van der Waals surface area (Å²) in [5.41, 5.74) is 1.76. The number of nitrogens with zero attached hydrogens (tertiary/aromatic N) is 1. The van der Waals surface area contributed by atoms with Crippen LogP contribution in [0.1, 0.15) is 25.0 Å². The molecule has 0 aliphatic carbocycles. The van der Waals surface area contributed by atoms with Crippen LogP contribution in [0, 0.1) is 0 Å². The van der Waals surface area contributed by atoms with Crippen molar-refractivity contribution in [2.75, 3.05) is 0 Å². The zero-order valence-electron chi connectivity index (χ0n) is 15.0. The molecule has 1 aliphatic heterocycles. The second kappa shape index (κ2) is 8.10. The van der Waals surface area contributed by atoms with E-state index in [0.717, 1.165) is 11.1 Å². The number of amides is 2. The topological polar surface area (TPSA) is 62.6 Å². The first-order valence-electron chi connectivity index (χ1n) is 8.46. The molecule has 2 amide bonds. The lowest BCUT2D eigenvalue weighted by Crippen LogP contribution is -2.61. The standard InChI is InChI=1S/C20H20N2O3S2/c1-20(2)17(21-16(23)9-8-14-6-4-3-5-7-14)18(24)22(19(26)27-20)12-15-10-11-25-13-15/h3-11,13,17H,12H2,1-2H3,(H,21,23). The van der Waals surface area contributed by atoms with Crippen molar-refractivity contribution in [3.63, 3.8) is 0 Å². The van der Waals surface area contributed by atoms with Gasteiger partial charge in [-0.25, -0.2) is 0 Å². The Balaban J connectivity index is 1.73. The minimum atomic E-state index is -0.686. The molecule has 1 aliphatic rings. The first-order valence-corrected chi connectivity index (χ1v) is 9.68. The van der Waals surface area contributed by atoms with E-state index in [-0.39, 0.29) is 11.8 Å². The van der Waals surface area contributed by atoms with Gasteiger partial charge in [0, 0.05) is 16.4 Å². The minimum Gasteiger partial charge on any atom is -0.472 e. The Labute approximate surface area is 167 Å². The number of hydrogen-bond acceptors (Lipinski definition) is 5. The fourth-order valence-corrected chi connectivity index (χ4v) is 4.54. The Kier molecular flexibility index (Phi) is 5.82. The van der Waals surface area contributed by atoms with Crippen molar-refractivity contribution in [3.05, 3.63) is 66.1 Å². The summed E-state index contributed by atoms with van der Waals surface area (Å²) in [5, 5.41) is 2.84. The molecule has 7 heteroatoms. The normalized spacial score (nSPS) is 19.5. The molecule has 1 aromatic carbocycles. The Morgan fingerprint density at radius 1 is 1.33 bits per heavy atom. The number of benzene rings is 1. The lowest BCUT2D eigenvalue weighted by atomic mass is 10.0. The van der Waals surface area contributed by atoms with Crippen molar-refractivity contribution in [1.29, 1.82) is 0 Å². The number of rotatable bonds is 5. The molecule has 140 valence electrons. The molecule has 0 radical (unpaired) electrons. The number of carbonyl (C=O) groups excluding carboxylic acids is 2. The summed E-state index contributed by atoms with van der Waals surface area (Å²) in [4.78, 5) is 27.0. The van der Waals surface area contributed by atoms with E-state index in [2.05, 4.69) is 5.32 Å². The predicted octanol–water partition coefficient (Wildman–Crippen LogP) is 3.62. The van der Waals surface area contributed by atoms with Gasteiger partial charge in [-0.3, -0.25) is 14.5 Å². The van der Waals surface area contributed by atoms with Crippen LogP contribution in [0.25, 0.3) is 6.08 Å². The van der Waals surface area contributed by atoms with Gasteiger partial charge in [-0.15, -0.1) is 0 Å². The van der Waals surface area contributed by atoms with Gasteiger partial charge in [0.2, 0.25) is 5.91 Å². The molecule has 1 unspecified atom stereocenters. The number of hydrogen-bond donors (Lipinski definition) is 1. The lowest BCUT2D eigenvalue weighted by Gasteiger charge is -2.42. The summed E-state index contributed by atoms with van der Waals surface area (Å²) in [7, 11) is 0. The molecule has 27 heavy (non-hydrogen) atoms. The zero-order valence-corrected chi connectivity index (χ0v) is 16.7. The van der Waals surface area contributed by atoms with Crippen molar-refractivity contribution in [3.8, 4) is 0 Å². The van der Waals surface area contributed by atoms with Crippen molar-refractivity contribution in [2.24, 2.45) is 0 Å². The van der Waals surface area contributed by atoms with Gasteiger partial charge in [0.05, 0.1) is 19.1 Å². The maximum absolute atomic E-state index is 13.0. The van der Waals surface area contributed by atoms with E-state index in [9.17, 15) is 9.59 Å². The molecule has 1 atom stereocenters. The van der Waals surface area contributed by atoms with Crippen molar-refractivity contribution in [1.82, 2.24) is 10.2 Å². The van der Waals surface area contributed by atoms with Crippen molar-refractivity contribution in [2.45, 2.75) is 31.2 Å². The van der Waals surface area contributed by atoms with Crippen LogP contribution in [0.3, 0.4) is 0 Å². The third kappa shape index (κ3) is 4.67. The highest BCUT2D eigenvalue weighted by atomic mass is 32.2. The highest BCUT2D eigenvalue weighted by Gasteiger charge is 2.46. The van der Waals surface area contributed by atoms with E-state index >= 15 is 0 Å². The fraction of sp³-hybridized carbons (Fsp3) is 0.250. The molecule has 1 aromatic heterocycles. The van der Waals surface area contributed by atoms with E-state index in [4.69, 9.17) is 16.6 Å². The molecule has 1 fully saturated rings. The lowest BCUT2D eigenvalue weighted by molar-refractivity contribution is -0.133. The first-order chi connectivity index (χ1) is 12.9. The molecule has 3 rings (SSSR count). The molecular formula is C20H20N2O3S2. The molecule has 5 nitrogen and oxygen atoms in total. The Bertz CT molecular complexity index is 861. The summed E-state index contributed by atoms with van der Waals surface area (Å²) >= 11 is 6.83. The van der Waals surface area contributed by atoms with E-state index < -0.39 is 10.8 Å². The smallest absolute Gasteiger partial charge is 0.252 e. The van der Waals surface area contributed by atoms with Gasteiger partial charge in [-0.05, 0) is 31.6 Å². The van der Waals surface area contributed by atoms with Crippen molar-refractivity contribution >= 4 is 46.2 Å². The highest BCUT2D eigenvalue weighted by molar-refractivity contribution is 8.24. The molecular weight excluding hydrogens is 380 g/mol. The van der Waals surface area contributed by atoms with Gasteiger partial charge < -0.3 is 9.73 Å². The average molecular weight is 401 g/mol. The summed E-state index contributed by atoms with van der Waals surface area (Å²) in [6, 6.07) is 10.6. The maximum Gasteiger partial charge on any atom is 0.252 e. The molecule has 0 bridgehead atoms. The second-order valence-corrected chi connectivity index (χ2v) is 9.00. The van der Waals surface area contributed by atoms with Crippen LogP contribution in [0.2, 0.25) is 0 Å². The SMILES string of the molecule is CC1(C)SC(=S)N(Cc2ccoc2)C(=O)C1NC(=O)C=Cc1ccccc1. The van der Waals surface area contributed by atoms with E-state index in [1.54, 1.807) is 24.7 Å². The summed E-state index contributed by atoms with van der Waals surface area (Å²) < 4.78 is 5.02. The molecule has 0 saturated carbocycles. The molecule has 1 saturated heterocycles. The summed E-state index contributed by atoms with van der Waals surface area (Å²) in [6.45, 7) is 4.13. The third-order valence-electron chi connectivity index (χ3n) is 4.21. The first kappa shape index (κ1) is 19.4. The number of furan rings is 1. The third-order valence-corrected chi connectivity index (χ3v) is 5.84. The van der Waals surface area contributed by atoms with Gasteiger partial charge in [0.25, 0.3) is 5.91 Å². The Hall–Kier alpha value is -2.38. The van der Waals surface area contributed by atoms with Crippen LogP contribution < -0.4 is 5.32 Å². The predicted molar refractivity (Wildman–Crippen MR) is 111 cm³/mol. The minimum absolute atomic E-state index is 0.216. The van der Waals surface area contributed by atoms with Crippen LogP contribution in [0.4, 0.5) is 0 Å². The Morgan fingerprint density at radius 2 is 2.07 bits per heavy atom. The van der Waals surface area contributed by atoms with Crippen LogP contribution >= 0.6 is 24.0 Å². The van der Waals surface area contributed by atoms with Crippen LogP contribution in [0.5, 0.6) is 0 Å². The Morgan fingerprint density at radius 3 is 2.74 bits per heavy atom. The van der Waals surface area contributed by atoms with Gasteiger partial charge >= 0.3 is 0 Å². The van der Waals surface area contributed by atoms with Crippen molar-refractivity contribution < 1.29 is 14.0 Å². The van der Waals surface area contributed by atoms with Gasteiger partial charge in [0.1, 0.15) is 10.4 Å². The molecule has 2 aromatic rings. The second-order valence-electron chi connectivity index (χ2n) is 6.71. The monoisotopic (exact) mass is 400 g/mol. The van der Waals surface area contributed by atoms with E-state index in [0.29, 0.717) is 10.9 Å². The van der Waals surface area contributed by atoms with E-state index in [1.807, 2.05) is 44.2 Å². The fourth-order valence-electron chi connectivity index (χ4n) is 2.75. The maximum atomic E-state index is 13.0. The molecule has 2 heterocycles. The largest absolute Gasteiger partial charge is 0.472 e. The zero-order chi connectivity index (χ0) is 19.4.